The molecule has 0 N–H and O–H groups in total. The van der Waals surface area contributed by atoms with Crippen LogP contribution in [0.5, 0.6) is 11.5 Å². The van der Waals surface area contributed by atoms with Gasteiger partial charge in [-0.15, -0.1) is 0 Å². The molecule has 1 aliphatic carbocycles. The number of hydrogen-bond donors (Lipinski definition) is 0. The molecule has 29 heavy (non-hydrogen) atoms. The quantitative estimate of drug-likeness (QED) is 0.425. The summed E-state index contributed by atoms with van der Waals surface area (Å²) in [7, 11) is 1.71. The molecule has 0 amide bonds. The van der Waals surface area contributed by atoms with Crippen LogP contribution in [0.2, 0.25) is 0 Å². The number of ether oxygens (including phenoxy) is 2. The van der Waals surface area contributed by atoms with E-state index >= 15 is 0 Å². The number of benzene rings is 1. The molecule has 1 saturated carbocycles. The predicted molar refractivity (Wildman–Crippen MR) is 120 cm³/mol. The van der Waals surface area contributed by atoms with Gasteiger partial charge in [0.25, 0.3) is 0 Å². The standard InChI is InChI=1S/C26H33NO2/c1-4-5-6-9-20(2)24(18-21-14-16-27-17-15-21)22-12-13-25(28-3)26(19-22)29-23-10-7-8-11-23/h4-5,12-17,19,23-24H,2,6-11,18H2,1,3H3/b5-4-/t24-/m0/s1. The SMILES string of the molecule is C=C(CC/C=C\C)[C@H](Cc1ccncc1)c1ccc(OC)c(OC2CCCC2)c1. The van der Waals surface area contributed by atoms with Crippen molar-refractivity contribution in [3.63, 3.8) is 0 Å². The minimum atomic E-state index is 0.236. The summed E-state index contributed by atoms with van der Waals surface area (Å²) in [6, 6.07) is 10.5. The van der Waals surface area contributed by atoms with Gasteiger partial charge in [-0.3, -0.25) is 4.98 Å². The van der Waals surface area contributed by atoms with Gasteiger partial charge in [0.2, 0.25) is 0 Å². The van der Waals surface area contributed by atoms with E-state index in [1.54, 1.807) is 7.11 Å². The summed E-state index contributed by atoms with van der Waals surface area (Å²) in [4.78, 5) is 4.16. The van der Waals surface area contributed by atoms with E-state index in [0.717, 1.165) is 43.6 Å². The van der Waals surface area contributed by atoms with E-state index in [0.29, 0.717) is 6.10 Å². The fourth-order valence-electron chi connectivity index (χ4n) is 4.05. The zero-order chi connectivity index (χ0) is 20.5. The third kappa shape index (κ3) is 5.96. The van der Waals surface area contributed by atoms with E-state index < -0.39 is 0 Å². The highest BCUT2D eigenvalue weighted by Crippen LogP contribution is 2.37. The molecule has 1 atom stereocenters. The van der Waals surface area contributed by atoms with Gasteiger partial charge in [0, 0.05) is 18.3 Å². The zero-order valence-electron chi connectivity index (χ0n) is 17.8. The summed E-state index contributed by atoms with van der Waals surface area (Å²) in [5, 5.41) is 0. The molecule has 0 radical (unpaired) electrons. The molecular formula is C26H33NO2. The Morgan fingerprint density at radius 3 is 2.62 bits per heavy atom. The van der Waals surface area contributed by atoms with Gasteiger partial charge in [-0.05, 0) is 87.3 Å². The first-order chi connectivity index (χ1) is 14.2. The Morgan fingerprint density at radius 2 is 1.93 bits per heavy atom. The lowest BCUT2D eigenvalue weighted by Crippen LogP contribution is -2.13. The van der Waals surface area contributed by atoms with Crippen molar-refractivity contribution in [1.82, 2.24) is 4.98 Å². The minimum Gasteiger partial charge on any atom is -0.493 e. The third-order valence-electron chi connectivity index (χ3n) is 5.74. The second-order valence-corrected chi connectivity index (χ2v) is 7.81. The average Bonchev–Trinajstić information content (AvgIpc) is 3.26. The third-order valence-corrected chi connectivity index (χ3v) is 5.74. The first-order valence-electron chi connectivity index (χ1n) is 10.7. The molecule has 3 nitrogen and oxygen atoms in total. The second kappa shape index (κ2) is 10.8. The van der Waals surface area contributed by atoms with E-state index in [1.807, 2.05) is 18.5 Å². The number of rotatable bonds is 10. The van der Waals surface area contributed by atoms with Crippen LogP contribution in [0.4, 0.5) is 0 Å². The molecule has 1 fully saturated rings. The largest absolute Gasteiger partial charge is 0.493 e. The Hall–Kier alpha value is -2.55. The Bertz CT molecular complexity index is 807. The summed E-state index contributed by atoms with van der Waals surface area (Å²) in [6.07, 6.45) is 16.0. The molecule has 0 saturated heterocycles. The van der Waals surface area contributed by atoms with Crippen molar-refractivity contribution in [1.29, 1.82) is 0 Å². The Labute approximate surface area is 175 Å². The van der Waals surface area contributed by atoms with Crippen LogP contribution >= 0.6 is 0 Å². The molecule has 154 valence electrons. The molecule has 0 spiro atoms. The van der Waals surface area contributed by atoms with Crippen molar-refractivity contribution in [2.24, 2.45) is 0 Å². The molecule has 1 aliphatic rings. The molecule has 3 rings (SSSR count). The Morgan fingerprint density at radius 1 is 1.17 bits per heavy atom. The maximum Gasteiger partial charge on any atom is 0.161 e. The molecular weight excluding hydrogens is 358 g/mol. The first kappa shape index (κ1) is 21.2. The van der Waals surface area contributed by atoms with Crippen molar-refractivity contribution in [3.05, 3.63) is 78.2 Å². The van der Waals surface area contributed by atoms with Crippen molar-refractivity contribution in [3.8, 4) is 11.5 Å². The lowest BCUT2D eigenvalue weighted by Gasteiger charge is -2.23. The van der Waals surface area contributed by atoms with Crippen molar-refractivity contribution in [2.75, 3.05) is 7.11 Å². The van der Waals surface area contributed by atoms with Crippen LogP contribution in [0.25, 0.3) is 0 Å². The van der Waals surface area contributed by atoms with Gasteiger partial charge < -0.3 is 9.47 Å². The monoisotopic (exact) mass is 391 g/mol. The van der Waals surface area contributed by atoms with Gasteiger partial charge in [0.1, 0.15) is 0 Å². The van der Waals surface area contributed by atoms with Crippen LogP contribution < -0.4 is 9.47 Å². The van der Waals surface area contributed by atoms with E-state index in [9.17, 15) is 0 Å². The zero-order valence-corrected chi connectivity index (χ0v) is 17.8. The predicted octanol–water partition coefficient (Wildman–Crippen LogP) is 6.65. The highest BCUT2D eigenvalue weighted by atomic mass is 16.5. The summed E-state index contributed by atoms with van der Waals surface area (Å²) in [5.74, 6) is 1.90. The van der Waals surface area contributed by atoms with Gasteiger partial charge in [-0.2, -0.15) is 0 Å². The van der Waals surface area contributed by atoms with Gasteiger partial charge >= 0.3 is 0 Å². The molecule has 0 unspecified atom stereocenters. The second-order valence-electron chi connectivity index (χ2n) is 7.81. The van der Waals surface area contributed by atoms with Crippen LogP contribution in [0.3, 0.4) is 0 Å². The number of pyridine rings is 1. The Kier molecular flexibility index (Phi) is 7.92. The topological polar surface area (TPSA) is 31.4 Å². The van der Waals surface area contributed by atoms with E-state index in [1.165, 1.54) is 29.5 Å². The number of methoxy groups -OCH3 is 1. The molecule has 1 aromatic carbocycles. The average molecular weight is 392 g/mol. The maximum absolute atomic E-state index is 6.34. The molecule has 2 aromatic rings. The van der Waals surface area contributed by atoms with E-state index in [-0.39, 0.29) is 5.92 Å². The lowest BCUT2D eigenvalue weighted by molar-refractivity contribution is 0.200. The van der Waals surface area contributed by atoms with Gasteiger partial charge in [0.15, 0.2) is 11.5 Å². The lowest BCUT2D eigenvalue weighted by atomic mass is 9.84. The van der Waals surface area contributed by atoms with Gasteiger partial charge in [0.05, 0.1) is 13.2 Å². The summed E-state index contributed by atoms with van der Waals surface area (Å²) in [5.41, 5.74) is 3.75. The summed E-state index contributed by atoms with van der Waals surface area (Å²) < 4.78 is 11.9. The van der Waals surface area contributed by atoms with Crippen LogP contribution in [0.1, 0.15) is 62.5 Å². The number of hydrogen-bond acceptors (Lipinski definition) is 3. The first-order valence-corrected chi connectivity index (χ1v) is 10.7. The van der Waals surface area contributed by atoms with E-state index in [2.05, 4.69) is 54.9 Å². The van der Waals surface area contributed by atoms with Gasteiger partial charge in [-0.1, -0.05) is 30.4 Å². The van der Waals surface area contributed by atoms with Crippen LogP contribution in [0.15, 0.2) is 67.0 Å². The molecule has 1 heterocycles. The van der Waals surface area contributed by atoms with Crippen molar-refractivity contribution in [2.45, 2.75) is 63.9 Å². The maximum atomic E-state index is 6.34. The van der Waals surface area contributed by atoms with Gasteiger partial charge in [-0.25, -0.2) is 0 Å². The minimum absolute atomic E-state index is 0.236. The number of nitrogens with zero attached hydrogens (tertiary/aromatic N) is 1. The normalized spacial score (nSPS) is 15.5. The molecule has 1 aromatic heterocycles. The fourth-order valence-corrected chi connectivity index (χ4v) is 4.05. The summed E-state index contributed by atoms with van der Waals surface area (Å²) in [6.45, 7) is 6.52. The highest BCUT2D eigenvalue weighted by molar-refractivity contribution is 5.46. The van der Waals surface area contributed by atoms with Crippen molar-refractivity contribution >= 4 is 0 Å². The number of aromatic nitrogens is 1. The smallest absolute Gasteiger partial charge is 0.161 e. The van der Waals surface area contributed by atoms with E-state index in [4.69, 9.17) is 9.47 Å². The number of allylic oxidation sites excluding steroid dienone is 3. The molecule has 3 heteroatoms. The highest BCUT2D eigenvalue weighted by Gasteiger charge is 2.21. The fraction of sp³-hybridized carbons (Fsp3) is 0.423. The molecule has 0 bridgehead atoms. The van der Waals surface area contributed by atoms with Crippen LogP contribution in [-0.4, -0.2) is 18.2 Å². The van der Waals surface area contributed by atoms with Crippen molar-refractivity contribution < 1.29 is 9.47 Å². The van der Waals surface area contributed by atoms with Crippen LogP contribution in [0, 0.1) is 0 Å². The summed E-state index contributed by atoms with van der Waals surface area (Å²) >= 11 is 0. The van der Waals surface area contributed by atoms with Crippen LogP contribution in [-0.2, 0) is 6.42 Å². The molecule has 0 aliphatic heterocycles. The Balaban J connectivity index is 1.87.